The van der Waals surface area contributed by atoms with Crippen molar-refractivity contribution in [2.75, 3.05) is 5.75 Å². The lowest BCUT2D eigenvalue weighted by molar-refractivity contribution is -0.126. The molecule has 0 aliphatic heterocycles. The number of hydrogen-bond donors (Lipinski definition) is 0. The second-order valence-corrected chi connectivity index (χ2v) is 8.81. The monoisotopic (exact) mass is 394 g/mol. The van der Waals surface area contributed by atoms with E-state index in [9.17, 15) is 27.6 Å². The summed E-state index contributed by atoms with van der Waals surface area (Å²) in [5.41, 5.74) is 0.948. The van der Waals surface area contributed by atoms with Crippen molar-refractivity contribution < 1.29 is 27.6 Å². The van der Waals surface area contributed by atoms with Crippen molar-refractivity contribution in [3.63, 3.8) is 0 Å². The highest BCUT2D eigenvalue weighted by Gasteiger charge is 2.17. The van der Waals surface area contributed by atoms with Gasteiger partial charge in [0.05, 0.1) is 10.6 Å². The largest absolute Gasteiger partial charge is 0.300 e. The molecule has 0 fully saturated rings. The minimum absolute atomic E-state index is 0.00337. The number of carbonyl (C=O) groups is 4. The van der Waals surface area contributed by atoms with E-state index in [1.807, 2.05) is 6.92 Å². The van der Waals surface area contributed by atoms with Gasteiger partial charge in [0.25, 0.3) is 0 Å². The fraction of sp³-hybridized carbons (Fsp3) is 0.500. The fourth-order valence-corrected chi connectivity index (χ4v) is 3.64. The van der Waals surface area contributed by atoms with Crippen LogP contribution < -0.4 is 0 Å². The Kier molecular flexibility index (Phi) is 9.21. The van der Waals surface area contributed by atoms with E-state index < -0.39 is 9.84 Å². The van der Waals surface area contributed by atoms with Crippen LogP contribution in [0.4, 0.5) is 0 Å². The van der Waals surface area contributed by atoms with Crippen molar-refractivity contribution in [1.29, 1.82) is 0 Å². The van der Waals surface area contributed by atoms with Crippen molar-refractivity contribution in [3.05, 3.63) is 29.8 Å². The van der Waals surface area contributed by atoms with Crippen LogP contribution in [0.15, 0.2) is 29.2 Å². The van der Waals surface area contributed by atoms with Gasteiger partial charge in [-0.3, -0.25) is 14.4 Å². The number of carbonyl (C=O) groups excluding carboxylic acids is 4. The summed E-state index contributed by atoms with van der Waals surface area (Å²) >= 11 is 0. The molecule has 0 radical (unpaired) electrons. The summed E-state index contributed by atoms with van der Waals surface area (Å²) in [6.45, 7) is 3.26. The fourth-order valence-electron chi connectivity index (χ4n) is 2.36. The van der Waals surface area contributed by atoms with E-state index in [4.69, 9.17) is 0 Å². The minimum Gasteiger partial charge on any atom is -0.300 e. The molecule has 0 atom stereocenters. The summed E-state index contributed by atoms with van der Waals surface area (Å²) in [6.07, 6.45) is 0.279. The first-order valence-electron chi connectivity index (χ1n) is 8.94. The first-order valence-corrected chi connectivity index (χ1v) is 10.6. The molecule has 1 aromatic rings. The van der Waals surface area contributed by atoms with Gasteiger partial charge in [-0.15, -0.1) is 0 Å². The van der Waals surface area contributed by atoms with Crippen molar-refractivity contribution in [2.24, 2.45) is 0 Å². The van der Waals surface area contributed by atoms with Crippen LogP contribution in [0.3, 0.4) is 0 Å². The highest BCUT2D eigenvalue weighted by molar-refractivity contribution is 7.91. The number of rotatable bonds is 13. The van der Waals surface area contributed by atoms with Crippen LogP contribution in [0.5, 0.6) is 0 Å². The standard InChI is InChI=1S/C20H26O6S/c1-15-3-11-20(12-4-15)27(25,26)14-13-19(24)10-9-18(23)8-7-17(22)6-5-16(2)21/h3-4,11-12H,5-10,13-14H2,1-2H3. The molecule has 148 valence electrons. The minimum atomic E-state index is -3.52. The number of ketones is 4. The lowest BCUT2D eigenvalue weighted by Crippen LogP contribution is -2.13. The molecule has 0 saturated heterocycles. The van der Waals surface area contributed by atoms with Gasteiger partial charge in [0, 0.05) is 44.9 Å². The summed E-state index contributed by atoms with van der Waals surface area (Å²) in [4.78, 5) is 46.1. The molecule has 6 nitrogen and oxygen atoms in total. The Morgan fingerprint density at radius 1 is 0.704 bits per heavy atom. The smallest absolute Gasteiger partial charge is 0.178 e. The zero-order valence-corrected chi connectivity index (χ0v) is 16.6. The SMILES string of the molecule is CC(=O)CCC(=O)CCC(=O)CCC(=O)CCS(=O)(=O)c1ccc(C)cc1. The Morgan fingerprint density at radius 3 is 1.56 bits per heavy atom. The van der Waals surface area contributed by atoms with Gasteiger partial charge in [0.15, 0.2) is 9.84 Å². The van der Waals surface area contributed by atoms with Crippen molar-refractivity contribution in [1.82, 2.24) is 0 Å². The van der Waals surface area contributed by atoms with E-state index in [0.29, 0.717) is 0 Å². The normalized spacial score (nSPS) is 11.2. The third kappa shape index (κ3) is 9.38. The Bertz CT molecular complexity index is 790. The molecule has 0 aliphatic rings. The first kappa shape index (κ1) is 22.9. The summed E-state index contributed by atoms with van der Waals surface area (Å²) < 4.78 is 24.4. The quantitative estimate of drug-likeness (QED) is 0.510. The molecule has 1 rings (SSSR count). The highest BCUT2D eigenvalue weighted by atomic mass is 32.2. The molecule has 0 amide bonds. The molecular weight excluding hydrogens is 368 g/mol. The molecule has 7 heteroatoms. The average Bonchev–Trinajstić information content (AvgIpc) is 2.61. The first-order chi connectivity index (χ1) is 12.6. The lowest BCUT2D eigenvalue weighted by atomic mass is 10.0. The molecule has 0 spiro atoms. The molecule has 0 N–H and O–H groups in total. The molecule has 0 heterocycles. The van der Waals surface area contributed by atoms with Gasteiger partial charge in [-0.2, -0.15) is 0 Å². The molecule has 0 aromatic heterocycles. The van der Waals surface area contributed by atoms with Gasteiger partial charge >= 0.3 is 0 Å². The molecular formula is C20H26O6S. The van der Waals surface area contributed by atoms with Gasteiger partial charge in [-0.25, -0.2) is 8.42 Å². The molecule has 0 aliphatic carbocycles. The van der Waals surface area contributed by atoms with E-state index in [1.165, 1.54) is 19.1 Å². The van der Waals surface area contributed by atoms with Gasteiger partial charge in [-0.1, -0.05) is 17.7 Å². The molecule has 1 aromatic carbocycles. The van der Waals surface area contributed by atoms with Crippen molar-refractivity contribution in [3.8, 4) is 0 Å². The Hall–Kier alpha value is -2.15. The van der Waals surface area contributed by atoms with Crippen LogP contribution in [-0.2, 0) is 29.0 Å². The lowest BCUT2D eigenvalue weighted by Gasteiger charge is -2.05. The van der Waals surface area contributed by atoms with E-state index in [2.05, 4.69) is 0 Å². The van der Waals surface area contributed by atoms with Gasteiger partial charge < -0.3 is 4.79 Å². The highest BCUT2D eigenvalue weighted by Crippen LogP contribution is 2.14. The van der Waals surface area contributed by atoms with Crippen LogP contribution >= 0.6 is 0 Å². The molecule has 0 unspecified atom stereocenters. The molecule has 0 saturated carbocycles. The Morgan fingerprint density at radius 2 is 1.11 bits per heavy atom. The second-order valence-electron chi connectivity index (χ2n) is 6.70. The van der Waals surface area contributed by atoms with Gasteiger partial charge in [-0.05, 0) is 26.0 Å². The third-order valence-corrected chi connectivity index (χ3v) is 5.88. The van der Waals surface area contributed by atoms with Crippen LogP contribution in [0.2, 0.25) is 0 Å². The summed E-state index contributed by atoms with van der Waals surface area (Å²) in [7, 11) is -3.52. The Balaban J connectivity index is 2.32. The number of benzene rings is 1. The van der Waals surface area contributed by atoms with Crippen molar-refractivity contribution >= 4 is 33.0 Å². The van der Waals surface area contributed by atoms with Crippen LogP contribution in [-0.4, -0.2) is 37.3 Å². The molecule has 0 bridgehead atoms. The van der Waals surface area contributed by atoms with E-state index in [1.54, 1.807) is 12.1 Å². The number of Topliss-reactive ketones (excluding diaryl/α,β-unsaturated/α-hetero) is 4. The third-order valence-electron chi connectivity index (χ3n) is 4.15. The van der Waals surface area contributed by atoms with Gasteiger partial charge in [0.2, 0.25) is 0 Å². The summed E-state index contributed by atoms with van der Waals surface area (Å²) in [6, 6.07) is 6.43. The van der Waals surface area contributed by atoms with E-state index in [-0.39, 0.29) is 78.7 Å². The topological polar surface area (TPSA) is 102 Å². The van der Waals surface area contributed by atoms with Crippen LogP contribution in [0.25, 0.3) is 0 Å². The van der Waals surface area contributed by atoms with E-state index >= 15 is 0 Å². The Labute approximate surface area is 160 Å². The van der Waals surface area contributed by atoms with Crippen LogP contribution in [0.1, 0.15) is 57.4 Å². The summed E-state index contributed by atoms with van der Waals surface area (Å²) in [5.74, 6) is -0.995. The molecule has 27 heavy (non-hydrogen) atoms. The second kappa shape index (κ2) is 10.9. The summed E-state index contributed by atoms with van der Waals surface area (Å²) in [5, 5.41) is 0. The zero-order valence-electron chi connectivity index (χ0n) is 15.8. The maximum atomic E-state index is 12.2. The number of aryl methyl sites for hydroxylation is 1. The average molecular weight is 394 g/mol. The number of hydrogen-bond acceptors (Lipinski definition) is 6. The number of sulfone groups is 1. The predicted octanol–water partition coefficient (Wildman–Crippen LogP) is 2.80. The van der Waals surface area contributed by atoms with Crippen LogP contribution in [0, 0.1) is 6.92 Å². The predicted molar refractivity (Wildman–Crippen MR) is 101 cm³/mol. The van der Waals surface area contributed by atoms with Gasteiger partial charge in [0.1, 0.15) is 23.1 Å². The van der Waals surface area contributed by atoms with Crippen molar-refractivity contribution in [2.45, 2.75) is 63.7 Å². The maximum absolute atomic E-state index is 12.2. The van der Waals surface area contributed by atoms with E-state index in [0.717, 1.165) is 5.56 Å². The zero-order chi connectivity index (χ0) is 20.4. The maximum Gasteiger partial charge on any atom is 0.178 e.